The minimum absolute atomic E-state index is 0.00496. The number of anilines is 1. The van der Waals surface area contributed by atoms with Gasteiger partial charge in [0.25, 0.3) is 0 Å². The number of nitrogens with zero attached hydrogens (tertiary/aromatic N) is 1. The maximum Gasteiger partial charge on any atom is 0.123 e. The van der Waals surface area contributed by atoms with Crippen LogP contribution in [0, 0.1) is 12.7 Å². The number of phenolic OH excluding ortho intramolecular Hbond substituents is 1. The summed E-state index contributed by atoms with van der Waals surface area (Å²) in [6.45, 7) is 4.01. The Morgan fingerprint density at radius 3 is 2.37 bits per heavy atom. The van der Waals surface area contributed by atoms with Crippen molar-refractivity contribution in [2.75, 3.05) is 11.9 Å². The van der Waals surface area contributed by atoms with Crippen LogP contribution in [0.15, 0.2) is 42.5 Å². The van der Waals surface area contributed by atoms with E-state index in [4.69, 9.17) is 0 Å². The molecule has 100 valence electrons. The van der Waals surface area contributed by atoms with Crippen molar-refractivity contribution in [1.82, 2.24) is 0 Å². The summed E-state index contributed by atoms with van der Waals surface area (Å²) in [5, 5.41) is 9.96. The van der Waals surface area contributed by atoms with E-state index in [1.807, 2.05) is 37.9 Å². The molecule has 2 nitrogen and oxygen atoms in total. The number of hydrogen-bond donors (Lipinski definition) is 1. The van der Waals surface area contributed by atoms with Gasteiger partial charge in [-0.2, -0.15) is 0 Å². The third-order valence-corrected chi connectivity index (χ3v) is 3.45. The smallest absolute Gasteiger partial charge is 0.123 e. The summed E-state index contributed by atoms with van der Waals surface area (Å²) < 4.78 is 12.9. The molecule has 0 aliphatic heterocycles. The van der Waals surface area contributed by atoms with Crippen molar-refractivity contribution in [3.8, 4) is 5.75 Å². The molecule has 0 amide bonds. The molecule has 0 fully saturated rings. The highest BCUT2D eigenvalue weighted by atomic mass is 19.1. The van der Waals surface area contributed by atoms with E-state index in [9.17, 15) is 9.50 Å². The lowest BCUT2D eigenvalue weighted by Gasteiger charge is -2.28. The van der Waals surface area contributed by atoms with E-state index in [0.29, 0.717) is 0 Å². The van der Waals surface area contributed by atoms with Crippen LogP contribution < -0.4 is 4.90 Å². The molecule has 2 aromatic carbocycles. The molecule has 0 aliphatic rings. The van der Waals surface area contributed by atoms with E-state index in [2.05, 4.69) is 0 Å². The number of halogens is 1. The normalized spacial score (nSPS) is 12.2. The van der Waals surface area contributed by atoms with Gasteiger partial charge in [0.15, 0.2) is 0 Å². The molecular weight excluding hydrogens is 241 g/mol. The first-order chi connectivity index (χ1) is 8.99. The zero-order valence-corrected chi connectivity index (χ0v) is 11.4. The third kappa shape index (κ3) is 2.87. The second-order valence-electron chi connectivity index (χ2n) is 4.83. The number of rotatable bonds is 3. The SMILES string of the molecule is Cc1ccc(O)c(C(C)N(C)c2ccc(F)cc2)c1. The van der Waals surface area contributed by atoms with Crippen molar-refractivity contribution in [2.24, 2.45) is 0 Å². The Bertz CT molecular complexity index is 565. The number of benzene rings is 2. The standard InChI is InChI=1S/C16H18FNO/c1-11-4-9-16(19)15(10-11)12(2)18(3)14-7-5-13(17)6-8-14/h4-10,12,19H,1-3H3. The molecule has 0 bridgehead atoms. The summed E-state index contributed by atoms with van der Waals surface area (Å²) in [6.07, 6.45) is 0. The predicted molar refractivity (Wildman–Crippen MR) is 76.1 cm³/mol. The fraction of sp³-hybridized carbons (Fsp3) is 0.250. The monoisotopic (exact) mass is 259 g/mol. The lowest BCUT2D eigenvalue weighted by atomic mass is 10.0. The zero-order valence-electron chi connectivity index (χ0n) is 11.4. The Morgan fingerprint density at radius 2 is 1.74 bits per heavy atom. The number of hydrogen-bond acceptors (Lipinski definition) is 2. The van der Waals surface area contributed by atoms with Crippen LogP contribution in [0.1, 0.15) is 24.1 Å². The minimum atomic E-state index is -0.247. The first kappa shape index (κ1) is 13.4. The quantitative estimate of drug-likeness (QED) is 0.899. The first-order valence-electron chi connectivity index (χ1n) is 6.27. The van der Waals surface area contributed by atoms with Crippen LogP contribution in [-0.4, -0.2) is 12.2 Å². The van der Waals surface area contributed by atoms with Crippen molar-refractivity contribution in [3.05, 3.63) is 59.4 Å². The van der Waals surface area contributed by atoms with Crippen LogP contribution in [0.25, 0.3) is 0 Å². The van der Waals surface area contributed by atoms with Crippen LogP contribution in [-0.2, 0) is 0 Å². The van der Waals surface area contributed by atoms with Gasteiger partial charge in [-0.15, -0.1) is 0 Å². The van der Waals surface area contributed by atoms with E-state index >= 15 is 0 Å². The Morgan fingerprint density at radius 1 is 1.11 bits per heavy atom. The molecule has 0 aromatic heterocycles. The average molecular weight is 259 g/mol. The summed E-state index contributed by atoms with van der Waals surface area (Å²) in [7, 11) is 1.93. The highest BCUT2D eigenvalue weighted by Gasteiger charge is 2.16. The summed E-state index contributed by atoms with van der Waals surface area (Å²) in [5.74, 6) is 0.0373. The van der Waals surface area contributed by atoms with E-state index in [1.165, 1.54) is 12.1 Å². The fourth-order valence-corrected chi connectivity index (χ4v) is 2.12. The zero-order chi connectivity index (χ0) is 14.0. The summed E-state index contributed by atoms with van der Waals surface area (Å²) in [4.78, 5) is 2.01. The van der Waals surface area contributed by atoms with E-state index in [1.54, 1.807) is 18.2 Å². The van der Waals surface area contributed by atoms with Gasteiger partial charge in [-0.05, 0) is 44.2 Å². The van der Waals surface area contributed by atoms with Crippen molar-refractivity contribution < 1.29 is 9.50 Å². The maximum atomic E-state index is 12.9. The molecule has 0 radical (unpaired) electrons. The van der Waals surface area contributed by atoms with Gasteiger partial charge in [0, 0.05) is 18.3 Å². The Kier molecular flexibility index (Phi) is 3.74. The van der Waals surface area contributed by atoms with Crippen molar-refractivity contribution in [1.29, 1.82) is 0 Å². The first-order valence-corrected chi connectivity index (χ1v) is 6.27. The van der Waals surface area contributed by atoms with Crippen LogP contribution in [0.2, 0.25) is 0 Å². The van der Waals surface area contributed by atoms with Gasteiger partial charge < -0.3 is 10.0 Å². The molecular formula is C16H18FNO. The molecule has 0 aliphatic carbocycles. The number of aryl methyl sites for hydroxylation is 1. The van der Waals surface area contributed by atoms with Crippen molar-refractivity contribution in [3.63, 3.8) is 0 Å². The molecule has 1 atom stereocenters. The lowest BCUT2D eigenvalue weighted by Crippen LogP contribution is -2.21. The van der Waals surface area contributed by atoms with E-state index in [-0.39, 0.29) is 17.6 Å². The molecule has 3 heteroatoms. The van der Waals surface area contributed by atoms with Gasteiger partial charge in [-0.3, -0.25) is 0 Å². The van der Waals surface area contributed by atoms with Crippen molar-refractivity contribution >= 4 is 5.69 Å². The van der Waals surface area contributed by atoms with Crippen LogP contribution in [0.4, 0.5) is 10.1 Å². The molecule has 0 heterocycles. The molecule has 1 unspecified atom stereocenters. The second-order valence-corrected chi connectivity index (χ2v) is 4.83. The van der Waals surface area contributed by atoms with Gasteiger partial charge in [0.05, 0.1) is 6.04 Å². The molecule has 2 aromatic rings. The topological polar surface area (TPSA) is 23.5 Å². The average Bonchev–Trinajstić information content (AvgIpc) is 2.41. The van der Waals surface area contributed by atoms with Gasteiger partial charge in [-0.1, -0.05) is 17.7 Å². The van der Waals surface area contributed by atoms with Crippen LogP contribution in [0.5, 0.6) is 5.75 Å². The Labute approximate surface area is 113 Å². The van der Waals surface area contributed by atoms with Gasteiger partial charge in [0.2, 0.25) is 0 Å². The van der Waals surface area contributed by atoms with Gasteiger partial charge in [-0.25, -0.2) is 4.39 Å². The third-order valence-electron chi connectivity index (χ3n) is 3.45. The van der Waals surface area contributed by atoms with Gasteiger partial charge in [0.1, 0.15) is 11.6 Å². The van der Waals surface area contributed by atoms with Crippen molar-refractivity contribution in [2.45, 2.75) is 19.9 Å². The largest absolute Gasteiger partial charge is 0.508 e. The summed E-state index contributed by atoms with van der Waals surface area (Å²) >= 11 is 0. The second kappa shape index (κ2) is 5.31. The minimum Gasteiger partial charge on any atom is -0.508 e. The molecule has 2 rings (SSSR count). The molecule has 1 N–H and O–H groups in total. The fourth-order valence-electron chi connectivity index (χ4n) is 2.12. The summed E-state index contributed by atoms with van der Waals surface area (Å²) in [5.41, 5.74) is 2.88. The summed E-state index contributed by atoms with van der Waals surface area (Å²) in [6, 6.07) is 11.9. The van der Waals surface area contributed by atoms with Crippen LogP contribution >= 0.6 is 0 Å². The highest BCUT2D eigenvalue weighted by molar-refractivity contribution is 5.50. The number of aromatic hydroxyl groups is 1. The van der Waals surface area contributed by atoms with E-state index < -0.39 is 0 Å². The van der Waals surface area contributed by atoms with Gasteiger partial charge >= 0.3 is 0 Å². The molecule has 19 heavy (non-hydrogen) atoms. The molecule has 0 saturated heterocycles. The lowest BCUT2D eigenvalue weighted by molar-refractivity contribution is 0.462. The molecule has 0 saturated carbocycles. The Hall–Kier alpha value is -2.03. The van der Waals surface area contributed by atoms with E-state index in [0.717, 1.165) is 16.8 Å². The molecule has 0 spiro atoms. The predicted octanol–water partition coefficient (Wildman–Crippen LogP) is 4.04. The highest BCUT2D eigenvalue weighted by Crippen LogP contribution is 2.31. The number of phenols is 1. The van der Waals surface area contributed by atoms with Crippen LogP contribution in [0.3, 0.4) is 0 Å². The maximum absolute atomic E-state index is 12.9. The Balaban J connectivity index is 2.30.